The highest BCUT2D eigenvalue weighted by Gasteiger charge is 2.09. The second-order valence-corrected chi connectivity index (χ2v) is 5.12. The Balaban J connectivity index is 2.09. The number of rotatable bonds is 6. The summed E-state index contributed by atoms with van der Waals surface area (Å²) in [6.07, 6.45) is 1.41. The molecule has 0 bridgehead atoms. The molecule has 2 rings (SSSR count). The summed E-state index contributed by atoms with van der Waals surface area (Å²) in [5.74, 6) is 0.333. The van der Waals surface area contributed by atoms with Crippen molar-refractivity contribution in [2.24, 2.45) is 5.10 Å². The van der Waals surface area contributed by atoms with E-state index in [0.717, 1.165) is 0 Å². The Morgan fingerprint density at radius 1 is 1.38 bits per heavy atom. The van der Waals surface area contributed by atoms with Crippen molar-refractivity contribution in [3.8, 4) is 17.2 Å². The van der Waals surface area contributed by atoms with Crippen molar-refractivity contribution in [1.82, 2.24) is 5.43 Å². The van der Waals surface area contributed by atoms with E-state index in [2.05, 4.69) is 10.5 Å². The second-order valence-electron chi connectivity index (χ2n) is 4.71. The van der Waals surface area contributed by atoms with Crippen LogP contribution >= 0.6 is 11.6 Å². The van der Waals surface area contributed by atoms with Crippen molar-refractivity contribution in [3.63, 3.8) is 0 Å². The first kappa shape index (κ1) is 17.6. The third-order valence-electron chi connectivity index (χ3n) is 3.06. The average Bonchev–Trinajstić information content (AvgIpc) is 2.59. The molecule has 0 heterocycles. The zero-order chi connectivity index (χ0) is 17.5. The maximum absolute atomic E-state index is 12.0. The lowest BCUT2D eigenvalue weighted by atomic mass is 10.2. The Hall–Kier alpha value is -2.73. The van der Waals surface area contributed by atoms with Crippen LogP contribution in [0.2, 0.25) is 5.02 Å². The van der Waals surface area contributed by atoms with Gasteiger partial charge in [0.1, 0.15) is 5.75 Å². The van der Waals surface area contributed by atoms with Crippen LogP contribution in [0.5, 0.6) is 17.2 Å². The lowest BCUT2D eigenvalue weighted by Crippen LogP contribution is -2.17. The molecule has 0 spiro atoms. The van der Waals surface area contributed by atoms with E-state index in [-0.39, 0.29) is 22.4 Å². The van der Waals surface area contributed by atoms with Crippen LogP contribution in [-0.2, 0) is 0 Å². The molecular formula is C17H17ClN2O4. The number of hydrogen-bond acceptors (Lipinski definition) is 5. The van der Waals surface area contributed by atoms with E-state index in [1.54, 1.807) is 37.3 Å². The minimum Gasteiger partial charge on any atom is -0.503 e. The number of benzene rings is 2. The normalized spacial score (nSPS) is 10.6. The smallest absolute Gasteiger partial charge is 0.271 e. The van der Waals surface area contributed by atoms with E-state index < -0.39 is 0 Å². The lowest BCUT2D eigenvalue weighted by Gasteiger charge is -2.08. The number of nitrogens with one attached hydrogen (secondary N) is 1. The van der Waals surface area contributed by atoms with E-state index in [4.69, 9.17) is 21.1 Å². The van der Waals surface area contributed by atoms with Crippen LogP contribution in [0.25, 0.3) is 0 Å². The van der Waals surface area contributed by atoms with Gasteiger partial charge in [-0.05, 0) is 42.8 Å². The van der Waals surface area contributed by atoms with Gasteiger partial charge in [0.05, 0.1) is 25.0 Å². The molecular weight excluding hydrogens is 332 g/mol. The molecule has 2 aromatic carbocycles. The minimum atomic E-state index is -0.375. The monoisotopic (exact) mass is 348 g/mol. The van der Waals surface area contributed by atoms with Crippen molar-refractivity contribution < 1.29 is 19.4 Å². The molecule has 6 nitrogen and oxygen atoms in total. The first-order chi connectivity index (χ1) is 11.5. The fraction of sp³-hybridized carbons (Fsp3) is 0.176. The Morgan fingerprint density at radius 3 is 2.88 bits per heavy atom. The van der Waals surface area contributed by atoms with E-state index >= 15 is 0 Å². The molecule has 0 aliphatic rings. The van der Waals surface area contributed by atoms with Crippen LogP contribution in [0.4, 0.5) is 0 Å². The summed E-state index contributed by atoms with van der Waals surface area (Å²) in [5, 5.41) is 13.8. The second kappa shape index (κ2) is 8.21. The number of phenolic OH excluding ortho intramolecular Hbond substituents is 1. The first-order valence-electron chi connectivity index (χ1n) is 7.18. The van der Waals surface area contributed by atoms with E-state index in [1.165, 1.54) is 19.4 Å². The molecule has 0 fully saturated rings. The number of phenols is 1. The highest BCUT2D eigenvalue weighted by atomic mass is 35.5. The number of hydrogen-bond donors (Lipinski definition) is 2. The molecule has 0 atom stereocenters. The predicted octanol–water partition coefficient (Wildman–Crippen LogP) is 3.22. The summed E-state index contributed by atoms with van der Waals surface area (Å²) in [6.45, 7) is 2.18. The standard InChI is InChI=1S/C17H17ClN2O4/c1-3-24-15-8-11(7-14(18)16(15)21)10-19-20-17(22)12-5-4-6-13(9-12)23-2/h4-10,21H,3H2,1-2H3,(H,20,22)/b19-10+. The van der Waals surface area contributed by atoms with E-state index in [0.29, 0.717) is 23.5 Å². The zero-order valence-electron chi connectivity index (χ0n) is 13.2. The van der Waals surface area contributed by atoms with Gasteiger partial charge in [-0.2, -0.15) is 5.10 Å². The summed E-state index contributed by atoms with van der Waals surface area (Å²) in [5.41, 5.74) is 3.41. The molecule has 2 aromatic rings. The molecule has 0 radical (unpaired) electrons. The lowest BCUT2D eigenvalue weighted by molar-refractivity contribution is 0.0955. The summed E-state index contributed by atoms with van der Waals surface area (Å²) in [7, 11) is 1.53. The highest BCUT2D eigenvalue weighted by molar-refractivity contribution is 6.32. The van der Waals surface area contributed by atoms with Crippen LogP contribution < -0.4 is 14.9 Å². The molecule has 24 heavy (non-hydrogen) atoms. The molecule has 0 aromatic heterocycles. The van der Waals surface area contributed by atoms with Gasteiger partial charge in [-0.1, -0.05) is 17.7 Å². The Labute approximate surface area is 144 Å². The number of carbonyl (C=O) groups is 1. The van der Waals surface area contributed by atoms with E-state index in [9.17, 15) is 9.90 Å². The third-order valence-corrected chi connectivity index (χ3v) is 3.35. The van der Waals surface area contributed by atoms with Gasteiger partial charge in [-0.3, -0.25) is 4.79 Å². The van der Waals surface area contributed by atoms with Gasteiger partial charge in [0.25, 0.3) is 5.91 Å². The third kappa shape index (κ3) is 4.39. The van der Waals surface area contributed by atoms with Gasteiger partial charge in [-0.15, -0.1) is 0 Å². The van der Waals surface area contributed by atoms with E-state index in [1.807, 2.05) is 0 Å². The van der Waals surface area contributed by atoms with Crippen molar-refractivity contribution in [2.75, 3.05) is 13.7 Å². The van der Waals surface area contributed by atoms with Crippen LogP contribution in [0.3, 0.4) is 0 Å². The molecule has 126 valence electrons. The van der Waals surface area contributed by atoms with Gasteiger partial charge < -0.3 is 14.6 Å². The molecule has 0 aliphatic carbocycles. The molecule has 0 unspecified atom stereocenters. The fourth-order valence-electron chi connectivity index (χ4n) is 1.93. The first-order valence-corrected chi connectivity index (χ1v) is 7.55. The quantitative estimate of drug-likeness (QED) is 0.620. The Kier molecular flexibility index (Phi) is 6.03. The van der Waals surface area contributed by atoms with Crippen LogP contribution in [0, 0.1) is 0 Å². The van der Waals surface area contributed by atoms with Gasteiger partial charge >= 0.3 is 0 Å². The molecule has 2 N–H and O–H groups in total. The van der Waals surface area contributed by atoms with Crippen molar-refractivity contribution in [1.29, 1.82) is 0 Å². The minimum absolute atomic E-state index is 0.129. The topological polar surface area (TPSA) is 80.2 Å². The van der Waals surface area contributed by atoms with Gasteiger partial charge in [0.2, 0.25) is 0 Å². The van der Waals surface area contributed by atoms with Crippen LogP contribution in [0.15, 0.2) is 41.5 Å². The predicted molar refractivity (Wildman–Crippen MR) is 92.3 cm³/mol. The molecule has 7 heteroatoms. The number of methoxy groups -OCH3 is 1. The Morgan fingerprint density at radius 2 is 2.17 bits per heavy atom. The largest absolute Gasteiger partial charge is 0.503 e. The number of aromatic hydroxyl groups is 1. The summed E-state index contributed by atoms with van der Waals surface area (Å²) < 4.78 is 10.4. The van der Waals surface area contributed by atoms with Gasteiger partial charge in [0, 0.05) is 5.56 Å². The number of halogens is 1. The molecule has 0 saturated heterocycles. The molecule has 1 amide bonds. The maximum atomic E-state index is 12.0. The van der Waals surface area contributed by atoms with Crippen LogP contribution in [0.1, 0.15) is 22.8 Å². The van der Waals surface area contributed by atoms with Gasteiger partial charge in [-0.25, -0.2) is 5.43 Å². The summed E-state index contributed by atoms with van der Waals surface area (Å²) in [4.78, 5) is 12.0. The number of carbonyl (C=O) groups excluding carboxylic acids is 1. The summed E-state index contributed by atoms with van der Waals surface area (Å²) in [6, 6.07) is 9.80. The Bertz CT molecular complexity index is 762. The highest BCUT2D eigenvalue weighted by Crippen LogP contribution is 2.34. The number of nitrogens with zero attached hydrogens (tertiary/aromatic N) is 1. The molecule has 0 saturated carbocycles. The zero-order valence-corrected chi connectivity index (χ0v) is 14.0. The number of hydrazone groups is 1. The number of amides is 1. The maximum Gasteiger partial charge on any atom is 0.271 e. The SMILES string of the molecule is CCOc1cc(/C=N/NC(=O)c2cccc(OC)c2)cc(Cl)c1O. The number of ether oxygens (including phenoxy) is 2. The van der Waals surface area contributed by atoms with Crippen molar-refractivity contribution >= 4 is 23.7 Å². The molecule has 0 aliphatic heterocycles. The fourth-order valence-corrected chi connectivity index (χ4v) is 2.15. The van der Waals surface area contributed by atoms with Gasteiger partial charge in [0.15, 0.2) is 11.5 Å². The average molecular weight is 349 g/mol. The van der Waals surface area contributed by atoms with Crippen molar-refractivity contribution in [2.45, 2.75) is 6.92 Å². The van der Waals surface area contributed by atoms with Crippen molar-refractivity contribution in [3.05, 3.63) is 52.5 Å². The summed E-state index contributed by atoms with van der Waals surface area (Å²) >= 11 is 5.93. The van der Waals surface area contributed by atoms with Crippen LogP contribution in [-0.4, -0.2) is 30.9 Å².